The SMILES string of the molecule is CCC(C)NC(=O)C1CSCN1C(=O)c1cccc(NC(C)=O)c1. The predicted molar refractivity (Wildman–Crippen MR) is 95.9 cm³/mol. The van der Waals surface area contributed by atoms with Crippen molar-refractivity contribution in [2.75, 3.05) is 16.9 Å². The molecule has 2 N–H and O–H groups in total. The zero-order chi connectivity index (χ0) is 17.7. The molecule has 3 amide bonds. The summed E-state index contributed by atoms with van der Waals surface area (Å²) >= 11 is 1.57. The first-order chi connectivity index (χ1) is 11.4. The highest BCUT2D eigenvalue weighted by Crippen LogP contribution is 2.24. The van der Waals surface area contributed by atoms with Crippen LogP contribution in [0.3, 0.4) is 0 Å². The zero-order valence-corrected chi connectivity index (χ0v) is 15.0. The molecule has 2 rings (SSSR count). The van der Waals surface area contributed by atoms with E-state index in [2.05, 4.69) is 10.6 Å². The fourth-order valence-electron chi connectivity index (χ4n) is 2.40. The van der Waals surface area contributed by atoms with Gasteiger partial charge in [0.25, 0.3) is 5.91 Å². The highest BCUT2D eigenvalue weighted by Gasteiger charge is 2.35. The third-order valence-corrected chi connectivity index (χ3v) is 4.89. The number of amides is 3. The van der Waals surface area contributed by atoms with E-state index in [-0.39, 0.29) is 23.8 Å². The molecule has 1 fully saturated rings. The molecule has 1 heterocycles. The van der Waals surface area contributed by atoms with Gasteiger partial charge in [-0.25, -0.2) is 0 Å². The lowest BCUT2D eigenvalue weighted by Gasteiger charge is -2.24. The summed E-state index contributed by atoms with van der Waals surface area (Å²) in [6, 6.07) is 6.40. The summed E-state index contributed by atoms with van der Waals surface area (Å²) < 4.78 is 0. The molecule has 1 saturated heterocycles. The van der Waals surface area contributed by atoms with Crippen LogP contribution in [0.1, 0.15) is 37.6 Å². The molecule has 6 nitrogen and oxygen atoms in total. The second-order valence-corrected chi connectivity index (χ2v) is 6.87. The fraction of sp³-hybridized carbons (Fsp3) is 0.471. The summed E-state index contributed by atoms with van der Waals surface area (Å²) in [4.78, 5) is 37.9. The average Bonchev–Trinajstić information content (AvgIpc) is 3.03. The molecule has 1 aliphatic heterocycles. The largest absolute Gasteiger partial charge is 0.352 e. The van der Waals surface area contributed by atoms with E-state index in [0.717, 1.165) is 6.42 Å². The molecule has 0 saturated carbocycles. The molecule has 1 aliphatic rings. The normalized spacial score (nSPS) is 18.1. The van der Waals surface area contributed by atoms with Crippen molar-refractivity contribution in [3.8, 4) is 0 Å². The molecule has 130 valence electrons. The highest BCUT2D eigenvalue weighted by molar-refractivity contribution is 7.99. The molecule has 0 aromatic heterocycles. The van der Waals surface area contributed by atoms with Crippen molar-refractivity contribution >= 4 is 35.2 Å². The maximum Gasteiger partial charge on any atom is 0.255 e. The molecule has 2 unspecified atom stereocenters. The molecule has 7 heteroatoms. The maximum atomic E-state index is 12.8. The van der Waals surface area contributed by atoms with Gasteiger partial charge in [-0.3, -0.25) is 14.4 Å². The van der Waals surface area contributed by atoms with Crippen molar-refractivity contribution in [2.24, 2.45) is 0 Å². The molecule has 0 bridgehead atoms. The lowest BCUT2D eigenvalue weighted by molar-refractivity contribution is -0.125. The Bertz CT molecular complexity index is 635. The molecule has 0 radical (unpaired) electrons. The minimum atomic E-state index is -0.457. The van der Waals surface area contributed by atoms with Crippen LogP contribution in [0.5, 0.6) is 0 Å². The van der Waals surface area contributed by atoms with Crippen molar-refractivity contribution < 1.29 is 14.4 Å². The Morgan fingerprint density at radius 3 is 2.79 bits per heavy atom. The van der Waals surface area contributed by atoms with E-state index < -0.39 is 6.04 Å². The average molecular weight is 349 g/mol. The number of nitrogens with zero attached hydrogens (tertiary/aromatic N) is 1. The first kappa shape index (κ1) is 18.3. The van der Waals surface area contributed by atoms with Crippen molar-refractivity contribution in [2.45, 2.75) is 39.3 Å². The standard InChI is InChI=1S/C17H23N3O3S/c1-4-11(2)18-16(22)15-9-24-10-20(15)17(23)13-6-5-7-14(8-13)19-12(3)21/h5-8,11,15H,4,9-10H2,1-3H3,(H,18,22)(H,19,21). The molecule has 1 aromatic rings. The van der Waals surface area contributed by atoms with E-state index in [1.165, 1.54) is 6.92 Å². The monoisotopic (exact) mass is 349 g/mol. The Hall–Kier alpha value is -2.02. The molecule has 24 heavy (non-hydrogen) atoms. The smallest absolute Gasteiger partial charge is 0.255 e. The van der Waals surface area contributed by atoms with Gasteiger partial charge in [-0.2, -0.15) is 0 Å². The summed E-state index contributed by atoms with van der Waals surface area (Å²) in [6.45, 7) is 5.37. The first-order valence-corrected chi connectivity index (χ1v) is 9.14. The highest BCUT2D eigenvalue weighted by atomic mass is 32.2. The Labute approximate surface area is 146 Å². The second-order valence-electron chi connectivity index (χ2n) is 5.87. The number of hydrogen-bond donors (Lipinski definition) is 2. The van der Waals surface area contributed by atoms with Crippen LogP contribution in [0.25, 0.3) is 0 Å². The second kappa shape index (κ2) is 8.19. The van der Waals surface area contributed by atoms with E-state index in [4.69, 9.17) is 0 Å². The Balaban J connectivity index is 2.13. The van der Waals surface area contributed by atoms with Crippen LogP contribution in [0, 0.1) is 0 Å². The number of benzene rings is 1. The summed E-state index contributed by atoms with van der Waals surface area (Å²) in [7, 11) is 0. The minimum absolute atomic E-state index is 0.0862. The van der Waals surface area contributed by atoms with E-state index in [0.29, 0.717) is 22.9 Å². The van der Waals surface area contributed by atoms with Gasteiger partial charge >= 0.3 is 0 Å². The van der Waals surface area contributed by atoms with Gasteiger partial charge in [0.2, 0.25) is 11.8 Å². The van der Waals surface area contributed by atoms with Crippen LogP contribution in [0.15, 0.2) is 24.3 Å². The van der Waals surface area contributed by atoms with Crippen LogP contribution in [0.4, 0.5) is 5.69 Å². The van der Waals surface area contributed by atoms with Gasteiger partial charge in [0.1, 0.15) is 6.04 Å². The summed E-state index contributed by atoms with van der Waals surface area (Å²) in [5.74, 6) is 0.584. The molecule has 1 aromatic carbocycles. The van der Waals surface area contributed by atoms with Gasteiger partial charge in [0, 0.05) is 30.0 Å². The lowest BCUT2D eigenvalue weighted by atomic mass is 10.1. The van der Waals surface area contributed by atoms with Gasteiger partial charge < -0.3 is 15.5 Å². The van der Waals surface area contributed by atoms with Gasteiger partial charge in [0.05, 0.1) is 5.88 Å². The number of anilines is 1. The Morgan fingerprint density at radius 2 is 2.12 bits per heavy atom. The molecular weight excluding hydrogens is 326 g/mol. The third-order valence-electron chi connectivity index (χ3n) is 3.88. The molecule has 0 spiro atoms. The van der Waals surface area contributed by atoms with E-state index in [9.17, 15) is 14.4 Å². The quantitative estimate of drug-likeness (QED) is 0.853. The lowest BCUT2D eigenvalue weighted by Crippen LogP contribution is -2.49. The van der Waals surface area contributed by atoms with Crippen molar-refractivity contribution in [1.29, 1.82) is 0 Å². The van der Waals surface area contributed by atoms with Crippen molar-refractivity contribution in [1.82, 2.24) is 10.2 Å². The summed E-state index contributed by atoms with van der Waals surface area (Å²) in [5, 5.41) is 5.61. The van der Waals surface area contributed by atoms with Crippen LogP contribution >= 0.6 is 11.8 Å². The molecule has 0 aliphatic carbocycles. The zero-order valence-electron chi connectivity index (χ0n) is 14.2. The Morgan fingerprint density at radius 1 is 1.38 bits per heavy atom. The molecular formula is C17H23N3O3S. The number of hydrogen-bond acceptors (Lipinski definition) is 4. The number of carbonyl (C=O) groups is 3. The molecule has 2 atom stereocenters. The van der Waals surface area contributed by atoms with Crippen LogP contribution in [0.2, 0.25) is 0 Å². The van der Waals surface area contributed by atoms with Crippen LogP contribution in [-0.2, 0) is 9.59 Å². The van der Waals surface area contributed by atoms with E-state index >= 15 is 0 Å². The van der Waals surface area contributed by atoms with Gasteiger partial charge in [-0.15, -0.1) is 11.8 Å². The number of rotatable bonds is 5. The topological polar surface area (TPSA) is 78.5 Å². The summed E-state index contributed by atoms with van der Waals surface area (Å²) in [6.07, 6.45) is 0.846. The van der Waals surface area contributed by atoms with Crippen molar-refractivity contribution in [3.05, 3.63) is 29.8 Å². The number of nitrogens with one attached hydrogen (secondary N) is 2. The van der Waals surface area contributed by atoms with Gasteiger partial charge in [0.15, 0.2) is 0 Å². The first-order valence-electron chi connectivity index (χ1n) is 7.99. The fourth-order valence-corrected chi connectivity index (χ4v) is 3.55. The van der Waals surface area contributed by atoms with Gasteiger partial charge in [-0.05, 0) is 31.5 Å². The van der Waals surface area contributed by atoms with Crippen LogP contribution in [-0.4, -0.2) is 46.3 Å². The van der Waals surface area contributed by atoms with E-state index in [1.807, 2.05) is 13.8 Å². The third kappa shape index (κ3) is 4.50. The number of thioether (sulfide) groups is 1. The Kier molecular flexibility index (Phi) is 6.25. The summed E-state index contributed by atoms with van der Waals surface area (Å²) in [5.41, 5.74) is 1.03. The van der Waals surface area contributed by atoms with Gasteiger partial charge in [-0.1, -0.05) is 13.0 Å². The van der Waals surface area contributed by atoms with Crippen molar-refractivity contribution in [3.63, 3.8) is 0 Å². The maximum absolute atomic E-state index is 12.8. The number of carbonyl (C=O) groups excluding carboxylic acids is 3. The minimum Gasteiger partial charge on any atom is -0.352 e. The van der Waals surface area contributed by atoms with E-state index in [1.54, 1.807) is 40.9 Å². The predicted octanol–water partition coefficient (Wildman–Crippen LogP) is 2.07. The van der Waals surface area contributed by atoms with Crippen LogP contribution < -0.4 is 10.6 Å².